The van der Waals surface area contributed by atoms with Crippen molar-refractivity contribution in [3.8, 4) is 11.5 Å². The number of carbonyl (C=O) groups excluding carboxylic acids is 1. The fourth-order valence-corrected chi connectivity index (χ4v) is 4.11. The zero-order chi connectivity index (χ0) is 20.9. The molecule has 8 nitrogen and oxygen atoms in total. The van der Waals surface area contributed by atoms with E-state index in [1.165, 1.54) is 39.5 Å². The lowest BCUT2D eigenvalue weighted by molar-refractivity contribution is -0.134. The van der Waals surface area contributed by atoms with Gasteiger partial charge < -0.3 is 14.2 Å². The first-order chi connectivity index (χ1) is 13.2. The zero-order valence-corrected chi connectivity index (χ0v) is 17.7. The highest BCUT2D eigenvalue weighted by atomic mass is 32.2. The number of carbonyl (C=O) groups is 1. The number of likely N-dealkylation sites (N-methyl/N-ethyl adjacent to an activating group) is 1. The maximum Gasteiger partial charge on any atom is 0.330 e. The van der Waals surface area contributed by atoms with Gasteiger partial charge in [0.2, 0.25) is 10.0 Å². The van der Waals surface area contributed by atoms with Crippen LogP contribution >= 0.6 is 0 Å². The van der Waals surface area contributed by atoms with Crippen molar-refractivity contribution in [3.63, 3.8) is 0 Å². The number of hydrogen-bond donors (Lipinski definition) is 1. The molecule has 2 rings (SSSR count). The van der Waals surface area contributed by atoms with E-state index in [9.17, 15) is 13.2 Å². The molecule has 28 heavy (non-hydrogen) atoms. The monoisotopic (exact) mass is 412 g/mol. The molecule has 0 heterocycles. The van der Waals surface area contributed by atoms with Gasteiger partial charge in [-0.25, -0.2) is 17.9 Å². The molecule has 1 fully saturated rings. The molecule has 1 unspecified atom stereocenters. The number of nitrogens with one attached hydrogen (secondary N) is 1. The van der Waals surface area contributed by atoms with E-state index in [-0.39, 0.29) is 29.0 Å². The standard InChI is InChI=1S/C19H28N2O6S/c1-13(21(2)15-7-8-15)12-20-28(23,24)17-11-14(6-9-18(22)26-4)10-16(25-3)19(17)27-5/h6,9-11,13,15,20H,7-8,12H2,1-5H3/b9-6+. The number of methoxy groups -OCH3 is 3. The first-order valence-corrected chi connectivity index (χ1v) is 10.5. The Hall–Kier alpha value is -2.10. The Kier molecular flexibility index (Phi) is 7.45. The summed E-state index contributed by atoms with van der Waals surface area (Å²) >= 11 is 0. The van der Waals surface area contributed by atoms with Crippen molar-refractivity contribution >= 4 is 22.1 Å². The van der Waals surface area contributed by atoms with Gasteiger partial charge in [-0.3, -0.25) is 4.90 Å². The summed E-state index contributed by atoms with van der Waals surface area (Å²) in [4.78, 5) is 13.5. The third-order valence-corrected chi connectivity index (χ3v) is 6.19. The summed E-state index contributed by atoms with van der Waals surface area (Å²) in [7, 11) is 2.19. The summed E-state index contributed by atoms with van der Waals surface area (Å²) in [6.45, 7) is 2.25. The molecule has 0 aromatic heterocycles. The van der Waals surface area contributed by atoms with E-state index in [0.717, 1.165) is 12.8 Å². The van der Waals surface area contributed by atoms with E-state index in [1.807, 2.05) is 14.0 Å². The van der Waals surface area contributed by atoms with Crippen LogP contribution in [0.15, 0.2) is 23.1 Å². The molecule has 1 atom stereocenters. The van der Waals surface area contributed by atoms with Crippen molar-refractivity contribution < 1.29 is 27.4 Å². The topological polar surface area (TPSA) is 94.2 Å². The lowest BCUT2D eigenvalue weighted by atomic mass is 10.2. The molecule has 1 saturated carbocycles. The second-order valence-corrected chi connectivity index (χ2v) is 8.44. The van der Waals surface area contributed by atoms with Gasteiger partial charge >= 0.3 is 5.97 Å². The van der Waals surface area contributed by atoms with E-state index in [1.54, 1.807) is 6.07 Å². The average Bonchev–Trinajstić information content (AvgIpc) is 3.53. The van der Waals surface area contributed by atoms with Crippen molar-refractivity contribution in [1.82, 2.24) is 9.62 Å². The fraction of sp³-hybridized carbons (Fsp3) is 0.526. The summed E-state index contributed by atoms with van der Waals surface area (Å²) in [5.41, 5.74) is 0.464. The predicted octanol–water partition coefficient (Wildman–Crippen LogP) is 1.65. The minimum atomic E-state index is -3.87. The van der Waals surface area contributed by atoms with Crippen molar-refractivity contribution in [2.24, 2.45) is 0 Å². The molecule has 9 heteroatoms. The molecule has 1 aromatic carbocycles. The minimum Gasteiger partial charge on any atom is -0.493 e. The Morgan fingerprint density at radius 3 is 2.50 bits per heavy atom. The molecule has 0 saturated heterocycles. The smallest absolute Gasteiger partial charge is 0.330 e. The maximum absolute atomic E-state index is 13.0. The molecular weight excluding hydrogens is 384 g/mol. The highest BCUT2D eigenvalue weighted by molar-refractivity contribution is 7.89. The average molecular weight is 413 g/mol. The van der Waals surface area contributed by atoms with Crippen LogP contribution in [0.25, 0.3) is 6.08 Å². The Labute approximate surface area is 166 Å². The number of sulfonamides is 1. The van der Waals surface area contributed by atoms with Crippen LogP contribution in [-0.4, -0.2) is 66.3 Å². The molecule has 1 aliphatic carbocycles. The van der Waals surface area contributed by atoms with Crippen LogP contribution in [0.4, 0.5) is 0 Å². The summed E-state index contributed by atoms with van der Waals surface area (Å²) in [5.74, 6) is -0.194. The van der Waals surface area contributed by atoms with Crippen LogP contribution in [0.5, 0.6) is 11.5 Å². The van der Waals surface area contributed by atoms with Crippen molar-refractivity contribution in [1.29, 1.82) is 0 Å². The van der Waals surface area contributed by atoms with Gasteiger partial charge in [0.05, 0.1) is 21.3 Å². The number of benzene rings is 1. The van der Waals surface area contributed by atoms with E-state index in [2.05, 4.69) is 14.4 Å². The summed E-state index contributed by atoms with van der Waals surface area (Å²) < 4.78 is 43.7. The van der Waals surface area contributed by atoms with Gasteiger partial charge in [-0.05, 0) is 50.6 Å². The van der Waals surface area contributed by atoms with Gasteiger partial charge in [0.1, 0.15) is 4.90 Å². The molecule has 0 radical (unpaired) electrons. The molecule has 0 amide bonds. The summed E-state index contributed by atoms with van der Waals surface area (Å²) in [6.07, 6.45) is 4.95. The van der Waals surface area contributed by atoms with Gasteiger partial charge in [-0.2, -0.15) is 0 Å². The molecule has 156 valence electrons. The summed E-state index contributed by atoms with van der Waals surface area (Å²) in [5, 5.41) is 0. The Morgan fingerprint density at radius 1 is 1.29 bits per heavy atom. The Bertz CT molecular complexity index is 833. The largest absolute Gasteiger partial charge is 0.493 e. The van der Waals surface area contributed by atoms with E-state index >= 15 is 0 Å². The van der Waals surface area contributed by atoms with Gasteiger partial charge in [0.15, 0.2) is 11.5 Å². The van der Waals surface area contributed by atoms with Crippen molar-refractivity contribution in [3.05, 3.63) is 23.8 Å². The molecular formula is C19H28N2O6S. The van der Waals surface area contributed by atoms with Crippen LogP contribution in [0, 0.1) is 0 Å². The van der Waals surface area contributed by atoms with Gasteiger partial charge in [-0.1, -0.05) is 0 Å². The van der Waals surface area contributed by atoms with Crippen LogP contribution in [0.1, 0.15) is 25.3 Å². The number of nitrogens with zero attached hydrogens (tertiary/aromatic N) is 1. The quantitative estimate of drug-likeness (QED) is 0.461. The van der Waals surface area contributed by atoms with Crippen molar-refractivity contribution in [2.75, 3.05) is 34.9 Å². The SMILES string of the molecule is COC(=O)/C=C/c1cc(OC)c(OC)c(S(=O)(=O)NCC(C)N(C)C2CC2)c1. The fourth-order valence-electron chi connectivity index (χ4n) is 2.77. The van der Waals surface area contributed by atoms with Crippen LogP contribution < -0.4 is 14.2 Å². The Balaban J connectivity index is 2.31. The zero-order valence-electron chi connectivity index (χ0n) is 16.9. The van der Waals surface area contributed by atoms with Crippen molar-refractivity contribution in [2.45, 2.75) is 36.7 Å². The van der Waals surface area contributed by atoms with E-state index in [4.69, 9.17) is 9.47 Å². The number of ether oxygens (including phenoxy) is 3. The number of esters is 1. The number of rotatable bonds is 10. The first kappa shape index (κ1) is 22.2. The molecule has 0 aliphatic heterocycles. The van der Waals surface area contributed by atoms with Crippen LogP contribution in [0.3, 0.4) is 0 Å². The van der Waals surface area contributed by atoms with Crippen LogP contribution in [0.2, 0.25) is 0 Å². The normalized spacial score (nSPS) is 15.6. The highest BCUT2D eigenvalue weighted by Gasteiger charge is 2.30. The van der Waals surface area contributed by atoms with E-state index in [0.29, 0.717) is 11.6 Å². The van der Waals surface area contributed by atoms with Gasteiger partial charge in [0.25, 0.3) is 0 Å². The second kappa shape index (κ2) is 9.40. The predicted molar refractivity (Wildman–Crippen MR) is 106 cm³/mol. The minimum absolute atomic E-state index is 0.0533. The molecule has 1 N–H and O–H groups in total. The lowest BCUT2D eigenvalue weighted by Gasteiger charge is -2.25. The molecule has 1 aliphatic rings. The molecule has 1 aromatic rings. The third kappa shape index (κ3) is 5.46. The first-order valence-electron chi connectivity index (χ1n) is 8.97. The lowest BCUT2D eigenvalue weighted by Crippen LogP contribution is -2.41. The van der Waals surface area contributed by atoms with E-state index < -0.39 is 16.0 Å². The summed E-state index contributed by atoms with van der Waals surface area (Å²) in [6, 6.07) is 3.60. The van der Waals surface area contributed by atoms with Crippen LogP contribution in [-0.2, 0) is 19.6 Å². The van der Waals surface area contributed by atoms with Gasteiger partial charge in [0, 0.05) is 24.7 Å². The third-order valence-electron chi connectivity index (χ3n) is 4.76. The second-order valence-electron chi connectivity index (χ2n) is 6.71. The highest BCUT2D eigenvalue weighted by Crippen LogP contribution is 2.36. The number of hydrogen-bond acceptors (Lipinski definition) is 7. The maximum atomic E-state index is 13.0. The Morgan fingerprint density at radius 2 is 1.96 bits per heavy atom. The molecule has 0 bridgehead atoms. The molecule has 0 spiro atoms. The van der Waals surface area contributed by atoms with Gasteiger partial charge in [-0.15, -0.1) is 0 Å².